The molecule has 2 aromatic rings. The lowest BCUT2D eigenvalue weighted by Gasteiger charge is -2.07. The van der Waals surface area contributed by atoms with Crippen molar-refractivity contribution in [1.82, 2.24) is 0 Å². The molecule has 0 unspecified atom stereocenters. The molecule has 22 heavy (non-hydrogen) atoms. The molecule has 1 aliphatic carbocycles. The van der Waals surface area contributed by atoms with Crippen LogP contribution < -0.4 is 5.32 Å². The molecule has 0 spiro atoms. The van der Waals surface area contributed by atoms with E-state index >= 15 is 0 Å². The summed E-state index contributed by atoms with van der Waals surface area (Å²) in [6.07, 6.45) is 1.94. The number of carbonyl (C=O) groups is 2. The van der Waals surface area contributed by atoms with Crippen molar-refractivity contribution in [3.05, 3.63) is 65.7 Å². The van der Waals surface area contributed by atoms with Crippen molar-refractivity contribution in [2.24, 2.45) is 5.92 Å². The second kappa shape index (κ2) is 6.43. The first kappa shape index (κ1) is 14.3. The molecule has 0 aromatic heterocycles. The standard InChI is InChI=1S/C18H17NO3/c20-17(14-6-7-14)19-16-10-8-15(9-11-16)18(21)22-12-13-4-2-1-3-5-13/h1-5,8-11,14H,6-7,12H2,(H,19,20). The molecule has 0 heterocycles. The van der Waals surface area contributed by atoms with E-state index in [-0.39, 0.29) is 24.4 Å². The third kappa shape index (κ3) is 3.73. The Kier molecular flexibility index (Phi) is 4.19. The fourth-order valence-corrected chi connectivity index (χ4v) is 2.09. The van der Waals surface area contributed by atoms with Gasteiger partial charge in [-0.2, -0.15) is 0 Å². The molecular weight excluding hydrogens is 278 g/mol. The quantitative estimate of drug-likeness (QED) is 0.860. The summed E-state index contributed by atoms with van der Waals surface area (Å²) >= 11 is 0. The lowest BCUT2D eigenvalue weighted by Crippen LogP contribution is -2.13. The van der Waals surface area contributed by atoms with Crippen LogP contribution in [0.15, 0.2) is 54.6 Å². The molecule has 3 rings (SSSR count). The van der Waals surface area contributed by atoms with Gasteiger partial charge in [-0.3, -0.25) is 4.79 Å². The second-order valence-corrected chi connectivity index (χ2v) is 5.40. The Bertz CT molecular complexity index is 660. The van der Waals surface area contributed by atoms with Gasteiger partial charge in [0.25, 0.3) is 0 Å². The molecule has 1 saturated carbocycles. The maximum absolute atomic E-state index is 12.0. The number of carbonyl (C=O) groups excluding carboxylic acids is 2. The first-order chi connectivity index (χ1) is 10.7. The molecule has 0 radical (unpaired) electrons. The smallest absolute Gasteiger partial charge is 0.338 e. The van der Waals surface area contributed by atoms with Gasteiger partial charge >= 0.3 is 5.97 Å². The average molecular weight is 295 g/mol. The van der Waals surface area contributed by atoms with E-state index in [4.69, 9.17) is 4.74 Å². The van der Waals surface area contributed by atoms with Crippen molar-refractivity contribution in [3.63, 3.8) is 0 Å². The third-order valence-corrected chi connectivity index (χ3v) is 3.55. The van der Waals surface area contributed by atoms with Crippen LogP contribution in [0.25, 0.3) is 0 Å². The minimum Gasteiger partial charge on any atom is -0.457 e. The van der Waals surface area contributed by atoms with Crippen LogP contribution in [0.3, 0.4) is 0 Å². The summed E-state index contributed by atoms with van der Waals surface area (Å²) < 4.78 is 5.26. The van der Waals surface area contributed by atoms with Gasteiger partial charge in [-0.15, -0.1) is 0 Å². The van der Waals surface area contributed by atoms with Crippen LogP contribution in [0.4, 0.5) is 5.69 Å². The Labute approximate surface area is 129 Å². The number of hydrogen-bond acceptors (Lipinski definition) is 3. The first-order valence-electron chi connectivity index (χ1n) is 7.34. The van der Waals surface area contributed by atoms with E-state index in [0.717, 1.165) is 18.4 Å². The number of benzene rings is 2. The maximum atomic E-state index is 12.0. The van der Waals surface area contributed by atoms with Crippen LogP contribution >= 0.6 is 0 Å². The van der Waals surface area contributed by atoms with Crippen LogP contribution in [-0.2, 0) is 16.1 Å². The predicted molar refractivity (Wildman–Crippen MR) is 83.4 cm³/mol. The van der Waals surface area contributed by atoms with Crippen molar-refractivity contribution >= 4 is 17.6 Å². The number of hydrogen-bond donors (Lipinski definition) is 1. The summed E-state index contributed by atoms with van der Waals surface area (Å²) in [4.78, 5) is 23.6. The van der Waals surface area contributed by atoms with E-state index in [0.29, 0.717) is 11.3 Å². The molecule has 0 aliphatic heterocycles. The minimum absolute atomic E-state index is 0.0550. The summed E-state index contributed by atoms with van der Waals surface area (Å²) in [5, 5.41) is 2.84. The van der Waals surface area contributed by atoms with E-state index < -0.39 is 0 Å². The van der Waals surface area contributed by atoms with Crippen molar-refractivity contribution in [3.8, 4) is 0 Å². The summed E-state index contributed by atoms with van der Waals surface area (Å²) in [6, 6.07) is 16.3. The number of esters is 1. The van der Waals surface area contributed by atoms with Crippen molar-refractivity contribution in [1.29, 1.82) is 0 Å². The molecule has 1 amide bonds. The van der Waals surface area contributed by atoms with E-state index in [1.54, 1.807) is 24.3 Å². The fraction of sp³-hybridized carbons (Fsp3) is 0.222. The molecule has 4 nitrogen and oxygen atoms in total. The van der Waals surface area contributed by atoms with E-state index in [1.807, 2.05) is 30.3 Å². The molecule has 1 fully saturated rings. The highest BCUT2D eigenvalue weighted by Gasteiger charge is 2.29. The fourth-order valence-electron chi connectivity index (χ4n) is 2.09. The molecule has 0 atom stereocenters. The van der Waals surface area contributed by atoms with Gasteiger partial charge in [-0.05, 0) is 42.7 Å². The minimum atomic E-state index is -0.371. The Hall–Kier alpha value is -2.62. The Balaban J connectivity index is 1.55. The van der Waals surface area contributed by atoms with E-state index in [2.05, 4.69) is 5.32 Å². The highest BCUT2D eigenvalue weighted by Crippen LogP contribution is 2.30. The van der Waals surface area contributed by atoms with Crippen LogP contribution in [0.2, 0.25) is 0 Å². The van der Waals surface area contributed by atoms with Gasteiger partial charge in [0.05, 0.1) is 5.56 Å². The van der Waals surface area contributed by atoms with E-state index in [9.17, 15) is 9.59 Å². The highest BCUT2D eigenvalue weighted by molar-refractivity contribution is 5.95. The molecule has 1 aliphatic rings. The van der Waals surface area contributed by atoms with Crippen molar-refractivity contribution in [2.75, 3.05) is 5.32 Å². The Morgan fingerprint density at radius 3 is 2.32 bits per heavy atom. The van der Waals surface area contributed by atoms with Crippen molar-refractivity contribution < 1.29 is 14.3 Å². The lowest BCUT2D eigenvalue weighted by atomic mass is 10.2. The molecule has 4 heteroatoms. The zero-order chi connectivity index (χ0) is 15.4. The second-order valence-electron chi connectivity index (χ2n) is 5.40. The summed E-state index contributed by atoms with van der Waals surface area (Å²) in [5.74, 6) is -0.154. The number of nitrogens with one attached hydrogen (secondary N) is 1. The van der Waals surface area contributed by atoms with Gasteiger partial charge in [0.15, 0.2) is 0 Å². The first-order valence-corrected chi connectivity index (χ1v) is 7.34. The average Bonchev–Trinajstić information content (AvgIpc) is 3.39. The van der Waals surface area contributed by atoms with Crippen LogP contribution in [0.5, 0.6) is 0 Å². The number of ether oxygens (including phenoxy) is 1. The molecule has 112 valence electrons. The van der Waals surface area contributed by atoms with E-state index in [1.165, 1.54) is 0 Å². The number of rotatable bonds is 5. The predicted octanol–water partition coefficient (Wildman–Crippen LogP) is 3.39. The number of anilines is 1. The summed E-state index contributed by atoms with van der Waals surface area (Å²) in [7, 11) is 0. The SMILES string of the molecule is O=C(OCc1ccccc1)c1ccc(NC(=O)C2CC2)cc1. The molecule has 0 saturated heterocycles. The van der Waals surface area contributed by atoms with Crippen LogP contribution in [-0.4, -0.2) is 11.9 Å². The third-order valence-electron chi connectivity index (χ3n) is 3.55. The molecule has 0 bridgehead atoms. The summed E-state index contributed by atoms with van der Waals surface area (Å²) in [6.45, 7) is 0.250. The number of amides is 1. The topological polar surface area (TPSA) is 55.4 Å². The van der Waals surface area contributed by atoms with Crippen LogP contribution in [0, 0.1) is 5.92 Å². The molecular formula is C18H17NO3. The van der Waals surface area contributed by atoms with Gasteiger partial charge in [-0.25, -0.2) is 4.79 Å². The van der Waals surface area contributed by atoms with Gasteiger partial charge in [0.1, 0.15) is 6.61 Å². The molecule has 2 aromatic carbocycles. The van der Waals surface area contributed by atoms with Crippen molar-refractivity contribution in [2.45, 2.75) is 19.4 Å². The van der Waals surface area contributed by atoms with Gasteiger partial charge in [0.2, 0.25) is 5.91 Å². The highest BCUT2D eigenvalue weighted by atomic mass is 16.5. The maximum Gasteiger partial charge on any atom is 0.338 e. The lowest BCUT2D eigenvalue weighted by molar-refractivity contribution is -0.117. The Morgan fingerprint density at radius 1 is 1.00 bits per heavy atom. The van der Waals surface area contributed by atoms with Gasteiger partial charge in [-0.1, -0.05) is 30.3 Å². The summed E-state index contributed by atoms with van der Waals surface area (Å²) in [5.41, 5.74) is 2.13. The molecule has 1 N–H and O–H groups in total. The zero-order valence-electron chi connectivity index (χ0n) is 12.1. The van der Waals surface area contributed by atoms with Gasteiger partial charge in [0, 0.05) is 11.6 Å². The normalized spacial score (nSPS) is 13.5. The van der Waals surface area contributed by atoms with Gasteiger partial charge < -0.3 is 10.1 Å². The largest absolute Gasteiger partial charge is 0.457 e. The monoisotopic (exact) mass is 295 g/mol. The Morgan fingerprint density at radius 2 is 1.68 bits per heavy atom. The van der Waals surface area contributed by atoms with Crippen LogP contribution in [0.1, 0.15) is 28.8 Å². The zero-order valence-corrected chi connectivity index (χ0v) is 12.1.